The van der Waals surface area contributed by atoms with Crippen LogP contribution in [-0.4, -0.2) is 13.2 Å². The summed E-state index contributed by atoms with van der Waals surface area (Å²) in [5.74, 6) is 1.66. The van der Waals surface area contributed by atoms with Gasteiger partial charge in [-0.2, -0.15) is 0 Å². The molecule has 1 unspecified atom stereocenters. The second kappa shape index (κ2) is 6.27. The third-order valence-corrected chi connectivity index (χ3v) is 3.75. The van der Waals surface area contributed by atoms with E-state index in [9.17, 15) is 0 Å². The predicted octanol–water partition coefficient (Wildman–Crippen LogP) is 4.67. The number of hydrogen-bond donors (Lipinski definition) is 1. The van der Waals surface area contributed by atoms with E-state index in [1.54, 1.807) is 0 Å². The maximum Gasteiger partial charge on any atom is 0.161 e. The number of hydrogen-bond acceptors (Lipinski definition) is 3. The van der Waals surface area contributed by atoms with Gasteiger partial charge in [-0.15, -0.1) is 0 Å². The molecule has 1 aliphatic heterocycles. The minimum Gasteiger partial charge on any atom is -0.490 e. The van der Waals surface area contributed by atoms with E-state index < -0.39 is 0 Å². The average molecular weight is 304 g/mol. The maximum atomic E-state index is 5.90. The second-order valence-corrected chi connectivity index (χ2v) is 5.57. The second-order valence-electron chi connectivity index (χ2n) is 5.13. The van der Waals surface area contributed by atoms with Gasteiger partial charge in [0, 0.05) is 23.2 Å². The molecule has 2 aromatic rings. The zero-order valence-corrected chi connectivity index (χ0v) is 12.7. The smallest absolute Gasteiger partial charge is 0.161 e. The largest absolute Gasteiger partial charge is 0.490 e. The van der Waals surface area contributed by atoms with Crippen LogP contribution in [0.4, 0.5) is 5.69 Å². The molecule has 1 aliphatic rings. The van der Waals surface area contributed by atoms with E-state index in [4.69, 9.17) is 21.1 Å². The molecule has 0 amide bonds. The molecule has 1 heterocycles. The fraction of sp³-hybridized carbons (Fsp3) is 0.294. The van der Waals surface area contributed by atoms with Crippen LogP contribution in [0.3, 0.4) is 0 Å². The zero-order chi connectivity index (χ0) is 14.7. The van der Waals surface area contributed by atoms with Gasteiger partial charge in [-0.25, -0.2) is 0 Å². The Morgan fingerprint density at radius 1 is 1.00 bits per heavy atom. The summed E-state index contributed by atoms with van der Waals surface area (Å²) < 4.78 is 11.4. The summed E-state index contributed by atoms with van der Waals surface area (Å²) in [6.45, 7) is 3.54. The van der Waals surface area contributed by atoms with Crippen LogP contribution in [-0.2, 0) is 0 Å². The van der Waals surface area contributed by atoms with Gasteiger partial charge in [0.1, 0.15) is 0 Å². The highest BCUT2D eigenvalue weighted by atomic mass is 35.5. The van der Waals surface area contributed by atoms with E-state index in [1.807, 2.05) is 36.4 Å². The van der Waals surface area contributed by atoms with Crippen LogP contribution in [0.15, 0.2) is 42.5 Å². The molecular formula is C17H18ClNO2. The highest BCUT2D eigenvalue weighted by Gasteiger charge is 2.13. The summed E-state index contributed by atoms with van der Waals surface area (Å²) >= 11 is 5.90. The summed E-state index contributed by atoms with van der Waals surface area (Å²) in [6.07, 6.45) is 0.919. The lowest BCUT2D eigenvalue weighted by atomic mass is 10.1. The summed E-state index contributed by atoms with van der Waals surface area (Å²) in [4.78, 5) is 0. The molecular weight excluding hydrogens is 286 g/mol. The number of nitrogens with one attached hydrogen (secondary N) is 1. The lowest BCUT2D eigenvalue weighted by molar-refractivity contribution is 0.297. The normalized spacial score (nSPS) is 15.1. The Morgan fingerprint density at radius 3 is 2.48 bits per heavy atom. The first-order chi connectivity index (χ1) is 10.2. The first-order valence-corrected chi connectivity index (χ1v) is 7.52. The third kappa shape index (κ3) is 3.42. The fourth-order valence-electron chi connectivity index (χ4n) is 2.33. The Bertz CT molecular complexity index is 613. The molecule has 21 heavy (non-hydrogen) atoms. The molecule has 2 aromatic carbocycles. The third-order valence-electron chi connectivity index (χ3n) is 3.50. The number of rotatable bonds is 3. The van der Waals surface area contributed by atoms with Crippen molar-refractivity contribution in [3.8, 4) is 11.5 Å². The molecule has 1 atom stereocenters. The molecule has 0 aromatic heterocycles. The molecule has 0 radical (unpaired) electrons. The van der Waals surface area contributed by atoms with E-state index in [0.29, 0.717) is 13.2 Å². The lowest BCUT2D eigenvalue weighted by Gasteiger charge is -2.17. The molecule has 3 nitrogen and oxygen atoms in total. The van der Waals surface area contributed by atoms with Crippen molar-refractivity contribution in [2.24, 2.45) is 0 Å². The molecule has 0 saturated carbocycles. The SMILES string of the molecule is CC(Nc1ccc(Cl)cc1)c1ccc2c(c1)OCCCO2. The number of fused-ring (bicyclic) bond motifs is 1. The van der Waals surface area contributed by atoms with Gasteiger partial charge in [0.2, 0.25) is 0 Å². The highest BCUT2D eigenvalue weighted by molar-refractivity contribution is 6.30. The van der Waals surface area contributed by atoms with Crippen molar-refractivity contribution >= 4 is 17.3 Å². The van der Waals surface area contributed by atoms with E-state index in [0.717, 1.165) is 34.2 Å². The Kier molecular flexibility index (Phi) is 4.20. The van der Waals surface area contributed by atoms with Gasteiger partial charge in [0.25, 0.3) is 0 Å². The van der Waals surface area contributed by atoms with Crippen LogP contribution in [0, 0.1) is 0 Å². The molecule has 4 heteroatoms. The van der Waals surface area contributed by atoms with Crippen LogP contribution in [0.2, 0.25) is 5.02 Å². The first-order valence-electron chi connectivity index (χ1n) is 7.14. The van der Waals surface area contributed by atoms with E-state index in [2.05, 4.69) is 18.3 Å². The van der Waals surface area contributed by atoms with Crippen LogP contribution in [0.5, 0.6) is 11.5 Å². The number of benzene rings is 2. The number of anilines is 1. The maximum absolute atomic E-state index is 5.90. The molecule has 0 spiro atoms. The predicted molar refractivity (Wildman–Crippen MR) is 85.5 cm³/mol. The quantitative estimate of drug-likeness (QED) is 0.893. The van der Waals surface area contributed by atoms with Crippen molar-refractivity contribution in [1.29, 1.82) is 0 Å². The van der Waals surface area contributed by atoms with Crippen molar-refractivity contribution in [2.75, 3.05) is 18.5 Å². The van der Waals surface area contributed by atoms with Crippen molar-refractivity contribution < 1.29 is 9.47 Å². The van der Waals surface area contributed by atoms with Gasteiger partial charge in [-0.05, 0) is 48.9 Å². The van der Waals surface area contributed by atoms with Crippen LogP contribution in [0.1, 0.15) is 24.9 Å². The Balaban J connectivity index is 1.76. The molecule has 0 aliphatic carbocycles. The molecule has 1 N–H and O–H groups in total. The van der Waals surface area contributed by atoms with Gasteiger partial charge < -0.3 is 14.8 Å². The van der Waals surface area contributed by atoms with E-state index >= 15 is 0 Å². The van der Waals surface area contributed by atoms with E-state index in [-0.39, 0.29) is 6.04 Å². The average Bonchev–Trinajstić information content (AvgIpc) is 2.74. The van der Waals surface area contributed by atoms with Gasteiger partial charge >= 0.3 is 0 Å². The van der Waals surface area contributed by atoms with Crippen LogP contribution < -0.4 is 14.8 Å². The summed E-state index contributed by atoms with van der Waals surface area (Å²) in [5, 5.41) is 4.19. The van der Waals surface area contributed by atoms with Crippen molar-refractivity contribution in [1.82, 2.24) is 0 Å². The Morgan fingerprint density at radius 2 is 1.71 bits per heavy atom. The Hall–Kier alpha value is -1.87. The minimum absolute atomic E-state index is 0.170. The molecule has 0 bridgehead atoms. The molecule has 0 saturated heterocycles. The molecule has 110 valence electrons. The minimum atomic E-state index is 0.170. The van der Waals surface area contributed by atoms with Gasteiger partial charge in [-0.1, -0.05) is 17.7 Å². The van der Waals surface area contributed by atoms with Crippen molar-refractivity contribution in [3.63, 3.8) is 0 Å². The highest BCUT2D eigenvalue weighted by Crippen LogP contribution is 2.33. The topological polar surface area (TPSA) is 30.5 Å². The number of ether oxygens (including phenoxy) is 2. The van der Waals surface area contributed by atoms with Crippen molar-refractivity contribution in [2.45, 2.75) is 19.4 Å². The Labute approximate surface area is 129 Å². The summed E-state index contributed by atoms with van der Waals surface area (Å²) in [5.41, 5.74) is 2.20. The van der Waals surface area contributed by atoms with Gasteiger partial charge in [0.05, 0.1) is 13.2 Å². The number of halogens is 1. The first kappa shape index (κ1) is 14.1. The molecule has 0 fully saturated rings. The standard InChI is InChI=1S/C17H18ClNO2/c1-12(19-15-6-4-14(18)5-7-15)13-3-8-16-17(11-13)21-10-2-9-20-16/h3-8,11-12,19H,2,9-10H2,1H3. The van der Waals surface area contributed by atoms with E-state index in [1.165, 1.54) is 0 Å². The summed E-state index contributed by atoms with van der Waals surface area (Å²) in [6, 6.07) is 14.0. The zero-order valence-electron chi connectivity index (χ0n) is 11.9. The van der Waals surface area contributed by atoms with Gasteiger partial charge in [0.15, 0.2) is 11.5 Å². The van der Waals surface area contributed by atoms with Gasteiger partial charge in [-0.3, -0.25) is 0 Å². The lowest BCUT2D eigenvalue weighted by Crippen LogP contribution is -2.07. The van der Waals surface area contributed by atoms with Crippen LogP contribution in [0.25, 0.3) is 0 Å². The fourth-order valence-corrected chi connectivity index (χ4v) is 2.45. The van der Waals surface area contributed by atoms with Crippen LogP contribution >= 0.6 is 11.6 Å². The monoisotopic (exact) mass is 303 g/mol. The molecule has 3 rings (SSSR count). The summed E-state index contributed by atoms with van der Waals surface area (Å²) in [7, 11) is 0. The van der Waals surface area contributed by atoms with Crippen molar-refractivity contribution in [3.05, 3.63) is 53.1 Å².